The van der Waals surface area contributed by atoms with E-state index in [4.69, 9.17) is 0 Å². The number of nitrogens with zero attached hydrogens (tertiary/aromatic N) is 3. The number of alkyl halides is 1. The van der Waals surface area contributed by atoms with E-state index in [1.807, 2.05) is 19.0 Å². The molecule has 142 valence electrons. The molecule has 2 unspecified atom stereocenters. The molecule has 0 aliphatic carbocycles. The minimum Gasteiger partial charge on any atom is -0.393 e. The van der Waals surface area contributed by atoms with Gasteiger partial charge in [0.1, 0.15) is 5.67 Å². The summed E-state index contributed by atoms with van der Waals surface area (Å²) in [6.45, 7) is 10.7. The van der Waals surface area contributed by atoms with E-state index in [-0.39, 0.29) is 6.10 Å². The highest BCUT2D eigenvalue weighted by molar-refractivity contribution is 4.95. The molecule has 0 saturated carbocycles. The van der Waals surface area contributed by atoms with Crippen molar-refractivity contribution in [2.75, 3.05) is 46.8 Å². The molecule has 0 bridgehead atoms. The van der Waals surface area contributed by atoms with Crippen molar-refractivity contribution >= 4 is 0 Å². The summed E-state index contributed by atoms with van der Waals surface area (Å²) in [5, 5.41) is 9.69. The second-order valence-corrected chi connectivity index (χ2v) is 8.83. The van der Waals surface area contributed by atoms with Gasteiger partial charge in [-0.25, -0.2) is 4.39 Å². The zero-order valence-electron chi connectivity index (χ0n) is 16.3. The molecule has 0 aromatic carbocycles. The summed E-state index contributed by atoms with van der Waals surface area (Å²) < 4.78 is 15.5. The normalized spacial score (nSPS) is 32.6. The number of aliphatic hydroxyl groups excluding tert-OH is 1. The number of piperidine rings is 2. The van der Waals surface area contributed by atoms with Crippen LogP contribution in [0.25, 0.3) is 0 Å². The first kappa shape index (κ1) is 20.1. The van der Waals surface area contributed by atoms with Crippen molar-refractivity contribution < 1.29 is 9.50 Å². The number of aliphatic hydroxyl groups is 1. The van der Waals surface area contributed by atoms with Crippen LogP contribution >= 0.6 is 0 Å². The topological polar surface area (TPSA) is 30.0 Å². The van der Waals surface area contributed by atoms with E-state index >= 15 is 4.39 Å². The molecule has 0 aromatic heterocycles. The van der Waals surface area contributed by atoms with Crippen LogP contribution in [0.2, 0.25) is 0 Å². The van der Waals surface area contributed by atoms with Gasteiger partial charge in [-0.15, -0.1) is 0 Å². The van der Waals surface area contributed by atoms with Gasteiger partial charge in [0.15, 0.2) is 0 Å². The molecular weight excluding hydrogens is 305 g/mol. The summed E-state index contributed by atoms with van der Waals surface area (Å²) in [5.41, 5.74) is -1.10. The predicted octanol–water partition coefficient (Wildman–Crippen LogP) is 2.22. The molecule has 2 saturated heterocycles. The Labute approximate surface area is 148 Å². The maximum Gasteiger partial charge on any atom is 0.136 e. The van der Waals surface area contributed by atoms with Gasteiger partial charge < -0.3 is 14.9 Å². The SMILES string of the molecule is CC(C)N1CC(CC(C)N2CCC(O)CC2)C[C@](F)(CN(C)C)C1. The first-order valence-corrected chi connectivity index (χ1v) is 9.68. The fourth-order valence-electron chi connectivity index (χ4n) is 4.60. The van der Waals surface area contributed by atoms with Crippen LogP contribution in [-0.2, 0) is 0 Å². The minimum atomic E-state index is -1.10. The summed E-state index contributed by atoms with van der Waals surface area (Å²) in [4.78, 5) is 6.79. The Kier molecular flexibility index (Phi) is 7.06. The third-order valence-corrected chi connectivity index (χ3v) is 5.76. The summed E-state index contributed by atoms with van der Waals surface area (Å²) in [6.07, 6.45) is 3.35. The van der Waals surface area contributed by atoms with Crippen LogP contribution in [0.5, 0.6) is 0 Å². The molecule has 1 N–H and O–H groups in total. The fourth-order valence-corrected chi connectivity index (χ4v) is 4.60. The molecule has 2 aliphatic rings. The van der Waals surface area contributed by atoms with Crippen molar-refractivity contribution in [3.05, 3.63) is 0 Å². The third kappa shape index (κ3) is 5.65. The lowest BCUT2D eigenvalue weighted by Gasteiger charge is -2.46. The Morgan fingerprint density at radius 1 is 1.17 bits per heavy atom. The first-order valence-electron chi connectivity index (χ1n) is 9.68. The molecule has 24 heavy (non-hydrogen) atoms. The second kappa shape index (κ2) is 8.43. The van der Waals surface area contributed by atoms with Gasteiger partial charge in [0.2, 0.25) is 0 Å². The molecule has 2 rings (SSSR count). The molecule has 0 aromatic rings. The van der Waals surface area contributed by atoms with Crippen LogP contribution < -0.4 is 0 Å². The molecule has 0 spiro atoms. The van der Waals surface area contributed by atoms with E-state index in [0.717, 1.165) is 38.9 Å². The summed E-state index contributed by atoms with van der Waals surface area (Å²) in [6, 6.07) is 0.865. The van der Waals surface area contributed by atoms with Gasteiger partial charge in [-0.2, -0.15) is 0 Å². The Morgan fingerprint density at radius 2 is 1.79 bits per heavy atom. The molecule has 0 amide bonds. The lowest BCUT2D eigenvalue weighted by molar-refractivity contribution is -0.0248. The van der Waals surface area contributed by atoms with Crippen LogP contribution in [0.1, 0.15) is 46.5 Å². The summed E-state index contributed by atoms with van der Waals surface area (Å²) in [5.74, 6) is 0.410. The predicted molar refractivity (Wildman–Crippen MR) is 98.1 cm³/mol. The van der Waals surface area contributed by atoms with Crippen LogP contribution in [0.4, 0.5) is 4.39 Å². The Hall–Kier alpha value is -0.230. The molecule has 0 radical (unpaired) electrons. The van der Waals surface area contributed by atoms with Crippen LogP contribution in [-0.4, -0.2) is 90.5 Å². The standard InChI is InChI=1S/C19H38FN3O/c1-15(2)23-12-17(11-19(20,14-23)13-21(4)5)10-16(3)22-8-6-18(24)7-9-22/h15-18,24H,6-14H2,1-5H3/t16?,17?,19-/m0/s1. The van der Waals surface area contributed by atoms with E-state index in [1.54, 1.807) is 0 Å². The van der Waals surface area contributed by atoms with Gasteiger partial charge in [-0.05, 0) is 66.5 Å². The molecule has 4 nitrogen and oxygen atoms in total. The van der Waals surface area contributed by atoms with Gasteiger partial charge in [0.05, 0.1) is 6.10 Å². The zero-order chi connectivity index (χ0) is 17.9. The molecule has 2 aliphatic heterocycles. The smallest absolute Gasteiger partial charge is 0.136 e. The Morgan fingerprint density at radius 3 is 2.33 bits per heavy atom. The van der Waals surface area contributed by atoms with Gasteiger partial charge in [0, 0.05) is 44.8 Å². The highest BCUT2D eigenvalue weighted by atomic mass is 19.1. The van der Waals surface area contributed by atoms with Gasteiger partial charge in [-0.3, -0.25) is 4.90 Å². The number of hydrogen-bond donors (Lipinski definition) is 1. The van der Waals surface area contributed by atoms with Crippen LogP contribution in [0.3, 0.4) is 0 Å². The van der Waals surface area contributed by atoms with Crippen molar-refractivity contribution in [3.8, 4) is 0 Å². The average Bonchev–Trinajstić information content (AvgIpc) is 2.45. The second-order valence-electron chi connectivity index (χ2n) is 8.83. The molecule has 3 atom stereocenters. The van der Waals surface area contributed by atoms with Gasteiger partial charge in [0.25, 0.3) is 0 Å². The Bertz CT molecular complexity index is 385. The van der Waals surface area contributed by atoms with E-state index in [0.29, 0.717) is 37.5 Å². The third-order valence-electron chi connectivity index (χ3n) is 5.76. The fraction of sp³-hybridized carbons (Fsp3) is 1.00. The maximum absolute atomic E-state index is 15.5. The van der Waals surface area contributed by atoms with Crippen molar-refractivity contribution in [1.29, 1.82) is 0 Å². The number of rotatable bonds is 6. The monoisotopic (exact) mass is 343 g/mol. The lowest BCUT2D eigenvalue weighted by Crippen LogP contribution is -2.56. The summed E-state index contributed by atoms with van der Waals surface area (Å²) >= 11 is 0. The van der Waals surface area contributed by atoms with Crippen molar-refractivity contribution in [1.82, 2.24) is 14.7 Å². The van der Waals surface area contributed by atoms with Crippen molar-refractivity contribution in [2.45, 2.75) is 70.3 Å². The van der Waals surface area contributed by atoms with Crippen molar-refractivity contribution in [3.63, 3.8) is 0 Å². The average molecular weight is 344 g/mol. The molecule has 2 heterocycles. The molecular formula is C19H38FN3O. The van der Waals surface area contributed by atoms with E-state index < -0.39 is 5.67 Å². The van der Waals surface area contributed by atoms with E-state index in [9.17, 15) is 5.11 Å². The van der Waals surface area contributed by atoms with Crippen LogP contribution in [0, 0.1) is 5.92 Å². The summed E-state index contributed by atoms with van der Waals surface area (Å²) in [7, 11) is 3.93. The largest absolute Gasteiger partial charge is 0.393 e. The van der Waals surface area contributed by atoms with E-state index in [2.05, 4.69) is 30.6 Å². The number of halogens is 1. The van der Waals surface area contributed by atoms with Gasteiger partial charge in [-0.1, -0.05) is 0 Å². The van der Waals surface area contributed by atoms with Crippen molar-refractivity contribution in [2.24, 2.45) is 5.92 Å². The Balaban J connectivity index is 1.96. The first-order chi connectivity index (χ1) is 11.2. The lowest BCUT2D eigenvalue weighted by atomic mass is 9.82. The highest BCUT2D eigenvalue weighted by Crippen LogP contribution is 2.34. The maximum atomic E-state index is 15.5. The molecule has 5 heteroatoms. The number of likely N-dealkylation sites (tertiary alicyclic amines) is 2. The highest BCUT2D eigenvalue weighted by Gasteiger charge is 2.41. The van der Waals surface area contributed by atoms with Gasteiger partial charge >= 0.3 is 0 Å². The zero-order valence-corrected chi connectivity index (χ0v) is 16.3. The quantitative estimate of drug-likeness (QED) is 0.801. The minimum absolute atomic E-state index is 0.127. The van der Waals surface area contributed by atoms with Crippen LogP contribution in [0.15, 0.2) is 0 Å². The molecule has 2 fully saturated rings. The van der Waals surface area contributed by atoms with E-state index in [1.165, 1.54) is 0 Å². The number of hydrogen-bond acceptors (Lipinski definition) is 4.